The van der Waals surface area contributed by atoms with Crippen LogP contribution in [-0.4, -0.2) is 47.7 Å². The first-order valence-electron chi connectivity index (χ1n) is 14.8. The lowest BCUT2D eigenvalue weighted by atomic mass is 9.86. The van der Waals surface area contributed by atoms with Gasteiger partial charge in [0, 0.05) is 31.0 Å². The Bertz CT molecular complexity index is 1320. The molecule has 0 radical (unpaired) electrons. The number of piperidine rings is 1. The number of hydrogen-bond acceptors (Lipinski definition) is 4. The Morgan fingerprint density at radius 3 is 2.07 bits per heavy atom. The van der Waals surface area contributed by atoms with Crippen molar-refractivity contribution in [1.82, 2.24) is 10.2 Å². The van der Waals surface area contributed by atoms with E-state index in [2.05, 4.69) is 5.32 Å². The molecule has 0 bridgehead atoms. The lowest BCUT2D eigenvalue weighted by molar-refractivity contribution is -0.143. The van der Waals surface area contributed by atoms with Crippen LogP contribution in [-0.2, 0) is 26.6 Å². The van der Waals surface area contributed by atoms with Gasteiger partial charge in [0.1, 0.15) is 11.4 Å². The molecule has 2 aromatic rings. The summed E-state index contributed by atoms with van der Waals surface area (Å²) >= 11 is 0. The fourth-order valence-electron chi connectivity index (χ4n) is 5.95. The number of nitrogens with one attached hydrogen (secondary N) is 1. The van der Waals surface area contributed by atoms with Gasteiger partial charge in [-0.25, -0.2) is 9.18 Å². The maximum Gasteiger partial charge on any atom is 0.416 e. The Labute approximate surface area is 257 Å². The minimum Gasteiger partial charge on any atom is -0.444 e. The molecule has 1 N–H and O–H groups in total. The number of rotatable bonds is 6. The summed E-state index contributed by atoms with van der Waals surface area (Å²) in [6.07, 6.45) is -10.6. The molecule has 1 heterocycles. The topological polar surface area (TPSA) is 67.9 Å². The molecule has 1 aliphatic heterocycles. The first-order valence-corrected chi connectivity index (χ1v) is 14.8. The summed E-state index contributed by atoms with van der Waals surface area (Å²) in [6.45, 7) is 7.02. The van der Waals surface area contributed by atoms with E-state index in [-0.39, 0.29) is 49.0 Å². The Hall–Kier alpha value is -3.35. The van der Waals surface area contributed by atoms with Crippen LogP contribution in [0.25, 0.3) is 0 Å². The summed E-state index contributed by atoms with van der Waals surface area (Å²) in [5.74, 6) is -1.52. The third-order valence-electron chi connectivity index (χ3n) is 8.12. The molecule has 0 aromatic heterocycles. The van der Waals surface area contributed by atoms with E-state index in [1.807, 2.05) is 0 Å². The molecule has 2 aromatic carbocycles. The second-order valence-electron chi connectivity index (χ2n) is 12.7. The summed E-state index contributed by atoms with van der Waals surface area (Å²) in [5, 5.41) is 2.81. The SMILES string of the molecule is C[C@@H](O[C@H]1CCN(C(=O)[C@H]2CC[C@@H](NC(=O)OC(C)(C)C)C2)C[C@@H]1c1ccc(F)cc1)c1cc(C(F)(F)F)cc(C(F)(F)F)c1. The van der Waals surface area contributed by atoms with Crippen molar-refractivity contribution in [3.05, 3.63) is 70.5 Å². The van der Waals surface area contributed by atoms with Crippen molar-refractivity contribution in [3.8, 4) is 0 Å². The largest absolute Gasteiger partial charge is 0.444 e. The second kappa shape index (κ2) is 13.2. The highest BCUT2D eigenvalue weighted by molar-refractivity contribution is 5.79. The zero-order chi connectivity index (χ0) is 33.3. The molecule has 2 aliphatic rings. The predicted octanol–water partition coefficient (Wildman–Crippen LogP) is 8.02. The molecule has 5 atom stereocenters. The molecule has 1 saturated heterocycles. The van der Waals surface area contributed by atoms with Crippen LogP contribution >= 0.6 is 0 Å². The van der Waals surface area contributed by atoms with E-state index in [1.165, 1.54) is 31.2 Å². The molecule has 1 aliphatic carbocycles. The standard InChI is InChI=1S/C32H37F7N2O4/c1-18(21-13-22(31(34,35)36)16-23(14-21)32(37,38)39)44-27-11-12-41(17-26(27)19-5-8-24(33)9-6-19)28(42)20-7-10-25(15-20)40-29(43)45-30(2,3)4/h5-6,8-9,13-14,16,18,20,25-27H,7,10-12,15,17H2,1-4H3,(H,40,43)/t18-,20+,25-,26-,27+/m1/s1. The first kappa shape index (κ1) is 34.5. The second-order valence-corrected chi connectivity index (χ2v) is 12.7. The van der Waals surface area contributed by atoms with Gasteiger partial charge in [0.2, 0.25) is 5.91 Å². The van der Waals surface area contributed by atoms with E-state index < -0.39 is 59.1 Å². The van der Waals surface area contributed by atoms with Crippen molar-refractivity contribution in [1.29, 1.82) is 0 Å². The average Bonchev–Trinajstić information content (AvgIpc) is 3.39. The number of hydrogen-bond donors (Lipinski definition) is 1. The van der Waals surface area contributed by atoms with Crippen molar-refractivity contribution >= 4 is 12.0 Å². The van der Waals surface area contributed by atoms with Gasteiger partial charge in [-0.3, -0.25) is 4.79 Å². The predicted molar refractivity (Wildman–Crippen MR) is 151 cm³/mol. The van der Waals surface area contributed by atoms with Gasteiger partial charge in [-0.2, -0.15) is 26.3 Å². The average molecular weight is 647 g/mol. The molecule has 248 valence electrons. The number of alkyl halides is 6. The smallest absolute Gasteiger partial charge is 0.416 e. The van der Waals surface area contributed by atoms with Gasteiger partial charge in [-0.15, -0.1) is 0 Å². The van der Waals surface area contributed by atoms with Crippen LogP contribution in [0.3, 0.4) is 0 Å². The van der Waals surface area contributed by atoms with Crippen LogP contribution in [0.4, 0.5) is 35.5 Å². The van der Waals surface area contributed by atoms with Gasteiger partial charge in [0.05, 0.1) is 23.3 Å². The quantitative estimate of drug-likeness (QED) is 0.323. The van der Waals surface area contributed by atoms with Crippen LogP contribution in [0.1, 0.15) is 87.7 Å². The lowest BCUT2D eigenvalue weighted by Gasteiger charge is -2.41. The summed E-state index contributed by atoms with van der Waals surface area (Å²) < 4.78 is 106. The highest BCUT2D eigenvalue weighted by atomic mass is 19.4. The van der Waals surface area contributed by atoms with E-state index in [0.717, 1.165) is 0 Å². The van der Waals surface area contributed by atoms with Crippen LogP contribution < -0.4 is 5.32 Å². The monoisotopic (exact) mass is 646 g/mol. The zero-order valence-corrected chi connectivity index (χ0v) is 25.4. The molecule has 0 spiro atoms. The number of carbonyl (C=O) groups excluding carboxylic acids is 2. The third-order valence-corrected chi connectivity index (χ3v) is 8.12. The summed E-state index contributed by atoms with van der Waals surface area (Å²) in [7, 11) is 0. The first-order chi connectivity index (χ1) is 20.8. The van der Waals surface area contributed by atoms with Crippen molar-refractivity contribution in [2.75, 3.05) is 13.1 Å². The number of benzene rings is 2. The Morgan fingerprint density at radius 1 is 0.911 bits per heavy atom. The van der Waals surface area contributed by atoms with Gasteiger partial charge >= 0.3 is 18.4 Å². The van der Waals surface area contributed by atoms with Crippen LogP contribution in [0, 0.1) is 11.7 Å². The molecule has 13 heteroatoms. The maximum atomic E-state index is 13.8. The van der Waals surface area contributed by atoms with Gasteiger partial charge in [-0.05, 0) is 94.8 Å². The summed E-state index contributed by atoms with van der Waals surface area (Å²) in [4.78, 5) is 27.4. The van der Waals surface area contributed by atoms with E-state index in [9.17, 15) is 40.3 Å². The molecule has 45 heavy (non-hydrogen) atoms. The van der Waals surface area contributed by atoms with Crippen molar-refractivity contribution in [2.45, 2.75) is 95.5 Å². The number of ether oxygens (including phenoxy) is 2. The number of amides is 2. The number of alkyl carbamates (subject to hydrolysis) is 1. The van der Waals surface area contributed by atoms with Crippen LogP contribution in [0.15, 0.2) is 42.5 Å². The van der Waals surface area contributed by atoms with E-state index >= 15 is 0 Å². The van der Waals surface area contributed by atoms with Gasteiger partial charge < -0.3 is 19.7 Å². The van der Waals surface area contributed by atoms with Crippen molar-refractivity contribution in [3.63, 3.8) is 0 Å². The number of halogens is 7. The molecular formula is C32H37F7N2O4. The number of nitrogens with zero attached hydrogens (tertiary/aromatic N) is 1. The van der Waals surface area contributed by atoms with E-state index in [1.54, 1.807) is 25.7 Å². The van der Waals surface area contributed by atoms with E-state index in [0.29, 0.717) is 37.0 Å². The van der Waals surface area contributed by atoms with Gasteiger partial charge in [-0.1, -0.05) is 12.1 Å². The van der Waals surface area contributed by atoms with Gasteiger partial charge in [0.15, 0.2) is 0 Å². The summed E-state index contributed by atoms with van der Waals surface area (Å²) in [5.41, 5.74) is -3.22. The van der Waals surface area contributed by atoms with E-state index in [4.69, 9.17) is 9.47 Å². The fraction of sp³-hybridized carbons (Fsp3) is 0.562. The molecule has 4 rings (SSSR count). The van der Waals surface area contributed by atoms with Crippen LogP contribution in [0.2, 0.25) is 0 Å². The molecule has 1 saturated carbocycles. The number of likely N-dealkylation sites (tertiary alicyclic amines) is 1. The summed E-state index contributed by atoms with van der Waals surface area (Å²) in [6, 6.07) is 6.65. The minimum absolute atomic E-state index is 0.0677. The van der Waals surface area contributed by atoms with Crippen molar-refractivity contribution in [2.24, 2.45) is 5.92 Å². The van der Waals surface area contributed by atoms with Gasteiger partial charge in [0.25, 0.3) is 0 Å². The molecule has 2 fully saturated rings. The maximum absolute atomic E-state index is 13.8. The lowest BCUT2D eigenvalue weighted by Crippen LogP contribution is -2.48. The zero-order valence-electron chi connectivity index (χ0n) is 25.4. The van der Waals surface area contributed by atoms with Crippen molar-refractivity contribution < 1.29 is 49.8 Å². The number of carbonyl (C=O) groups is 2. The molecular weight excluding hydrogens is 609 g/mol. The highest BCUT2D eigenvalue weighted by Gasteiger charge is 2.41. The molecule has 6 nitrogen and oxygen atoms in total. The molecule has 2 amide bonds. The minimum atomic E-state index is -5.00. The Morgan fingerprint density at radius 2 is 1.51 bits per heavy atom. The Kier molecular flexibility index (Phi) is 10.1. The Balaban J connectivity index is 1.50. The highest BCUT2D eigenvalue weighted by Crippen LogP contribution is 2.40. The normalized spacial score (nSPS) is 23.5. The molecule has 0 unspecified atom stereocenters. The third kappa shape index (κ3) is 9.11. The van der Waals surface area contributed by atoms with Crippen LogP contribution in [0.5, 0.6) is 0 Å². The fourth-order valence-corrected chi connectivity index (χ4v) is 5.95.